The predicted octanol–water partition coefficient (Wildman–Crippen LogP) is 1.77. The van der Waals surface area contributed by atoms with Gasteiger partial charge >= 0.3 is 5.97 Å². The molecule has 0 saturated heterocycles. The Labute approximate surface area is 198 Å². The van der Waals surface area contributed by atoms with Gasteiger partial charge in [-0.15, -0.1) is 0 Å². The zero-order chi connectivity index (χ0) is 24.6. The molecule has 0 bridgehead atoms. The Kier molecular flexibility index (Phi) is 8.72. The lowest BCUT2D eigenvalue weighted by atomic mass is 10.2. The number of rotatable bonds is 11. The van der Waals surface area contributed by atoms with Gasteiger partial charge in [-0.25, -0.2) is 13.1 Å². The molecule has 0 radical (unpaired) electrons. The van der Waals surface area contributed by atoms with Crippen molar-refractivity contribution < 1.29 is 37.0 Å². The van der Waals surface area contributed by atoms with Crippen molar-refractivity contribution in [2.24, 2.45) is 0 Å². The molecule has 2 N–H and O–H groups in total. The van der Waals surface area contributed by atoms with E-state index in [0.29, 0.717) is 30.5 Å². The Hall–Kier alpha value is -3.31. The number of nitrogens with one attached hydrogen (secondary N) is 2. The second-order valence-electron chi connectivity index (χ2n) is 7.47. The van der Waals surface area contributed by atoms with Crippen LogP contribution in [0.2, 0.25) is 0 Å². The number of fused-ring (bicyclic) bond motifs is 1. The fraction of sp³-hybridized carbons (Fsp3) is 0.391. The molecule has 2 aromatic carbocycles. The van der Waals surface area contributed by atoms with Crippen LogP contribution < -0.4 is 24.2 Å². The molecule has 1 aliphatic heterocycles. The molecule has 0 fully saturated rings. The molecule has 2 aromatic rings. The van der Waals surface area contributed by atoms with Crippen LogP contribution in [-0.4, -0.2) is 53.3 Å². The molecule has 0 aliphatic carbocycles. The lowest BCUT2D eigenvalue weighted by molar-refractivity contribution is -0.154. The summed E-state index contributed by atoms with van der Waals surface area (Å²) in [6, 6.07) is 11.6. The third kappa shape index (κ3) is 6.84. The molecule has 10 nitrogen and oxygen atoms in total. The van der Waals surface area contributed by atoms with Crippen LogP contribution in [0.4, 0.5) is 0 Å². The molecule has 1 heterocycles. The van der Waals surface area contributed by atoms with Crippen LogP contribution in [0, 0.1) is 0 Å². The van der Waals surface area contributed by atoms with Crippen LogP contribution >= 0.6 is 0 Å². The normalized spacial score (nSPS) is 13.6. The molecule has 0 saturated carbocycles. The van der Waals surface area contributed by atoms with Gasteiger partial charge in [0.1, 0.15) is 19.0 Å². The quantitative estimate of drug-likeness (QED) is 0.359. The van der Waals surface area contributed by atoms with Gasteiger partial charge in [0.15, 0.2) is 17.6 Å². The van der Waals surface area contributed by atoms with E-state index in [-0.39, 0.29) is 30.8 Å². The number of hydrogen-bond donors (Lipinski definition) is 2. The number of amides is 1. The number of carbonyl (C=O) groups excluding carboxylic acids is 2. The van der Waals surface area contributed by atoms with E-state index in [1.807, 2.05) is 18.2 Å². The van der Waals surface area contributed by atoms with Crippen molar-refractivity contribution in [1.82, 2.24) is 10.0 Å². The monoisotopic (exact) mass is 492 g/mol. The van der Waals surface area contributed by atoms with Gasteiger partial charge in [0, 0.05) is 31.1 Å². The van der Waals surface area contributed by atoms with E-state index in [0.717, 1.165) is 5.56 Å². The van der Waals surface area contributed by atoms with Crippen LogP contribution in [0.3, 0.4) is 0 Å². The van der Waals surface area contributed by atoms with Gasteiger partial charge in [-0.1, -0.05) is 18.2 Å². The number of benzene rings is 2. The third-order valence-corrected chi connectivity index (χ3v) is 6.46. The number of ether oxygens (including phenoxy) is 4. The molecule has 11 heteroatoms. The van der Waals surface area contributed by atoms with Gasteiger partial charge in [-0.05, 0) is 31.5 Å². The maximum atomic E-state index is 12.5. The van der Waals surface area contributed by atoms with E-state index in [1.165, 1.54) is 19.1 Å². The largest absolute Gasteiger partial charge is 0.496 e. The van der Waals surface area contributed by atoms with E-state index < -0.39 is 28.0 Å². The van der Waals surface area contributed by atoms with Gasteiger partial charge in [0.25, 0.3) is 5.91 Å². The summed E-state index contributed by atoms with van der Waals surface area (Å²) in [4.78, 5) is 24.3. The van der Waals surface area contributed by atoms with Crippen molar-refractivity contribution in [3.8, 4) is 17.2 Å². The first-order chi connectivity index (χ1) is 16.3. The maximum Gasteiger partial charge on any atom is 0.306 e. The lowest BCUT2D eigenvalue weighted by Crippen LogP contribution is -2.35. The van der Waals surface area contributed by atoms with E-state index >= 15 is 0 Å². The van der Waals surface area contributed by atoms with Crippen molar-refractivity contribution in [1.29, 1.82) is 0 Å². The Balaban J connectivity index is 1.39. The third-order valence-electron chi connectivity index (χ3n) is 5.00. The Morgan fingerprint density at radius 2 is 1.82 bits per heavy atom. The highest BCUT2D eigenvalue weighted by Gasteiger charge is 2.20. The maximum absolute atomic E-state index is 12.5. The average Bonchev–Trinajstić information content (AvgIpc) is 2.85. The summed E-state index contributed by atoms with van der Waals surface area (Å²) in [5, 5.41) is 2.70. The molecule has 1 unspecified atom stereocenters. The van der Waals surface area contributed by atoms with Gasteiger partial charge in [-0.3, -0.25) is 9.59 Å². The Morgan fingerprint density at radius 1 is 1.09 bits per heavy atom. The van der Waals surface area contributed by atoms with E-state index in [4.69, 9.17) is 18.9 Å². The van der Waals surface area contributed by atoms with Crippen molar-refractivity contribution >= 4 is 21.9 Å². The number of methoxy groups -OCH3 is 1. The van der Waals surface area contributed by atoms with Gasteiger partial charge < -0.3 is 24.3 Å². The van der Waals surface area contributed by atoms with E-state index in [9.17, 15) is 18.0 Å². The molecule has 0 aromatic heterocycles. The van der Waals surface area contributed by atoms with Crippen molar-refractivity contribution in [3.05, 3.63) is 48.0 Å². The van der Waals surface area contributed by atoms with Crippen molar-refractivity contribution in [2.45, 2.75) is 37.3 Å². The molecular weight excluding hydrogens is 464 g/mol. The van der Waals surface area contributed by atoms with Crippen LogP contribution in [0.25, 0.3) is 0 Å². The smallest absolute Gasteiger partial charge is 0.306 e. The fourth-order valence-electron chi connectivity index (χ4n) is 3.20. The first-order valence-corrected chi connectivity index (χ1v) is 12.3. The highest BCUT2D eigenvalue weighted by Crippen LogP contribution is 2.32. The molecule has 3 rings (SSSR count). The summed E-state index contributed by atoms with van der Waals surface area (Å²) in [5.74, 6) is 0.466. The molecule has 34 heavy (non-hydrogen) atoms. The summed E-state index contributed by atoms with van der Waals surface area (Å²) in [7, 11) is -2.24. The minimum absolute atomic E-state index is 0.0280. The Morgan fingerprint density at radius 3 is 2.59 bits per heavy atom. The van der Waals surface area contributed by atoms with Gasteiger partial charge in [-0.2, -0.15) is 0 Å². The number of para-hydroxylation sites is 1. The standard InChI is InChI=1S/C23H28N2O8S/c1-16(23(27)24-15-17-6-3-4-7-19(17)30-2)33-22(26)8-5-11-25-34(28,29)18-9-10-20-21(14-18)32-13-12-31-20/h3-4,6-7,9-10,14,16,25H,5,8,11-13,15H2,1-2H3,(H,24,27). The van der Waals surface area contributed by atoms with Gasteiger partial charge in [0.05, 0.1) is 12.0 Å². The zero-order valence-corrected chi connectivity index (χ0v) is 19.9. The Bertz CT molecular complexity index is 1120. The predicted molar refractivity (Wildman–Crippen MR) is 122 cm³/mol. The zero-order valence-electron chi connectivity index (χ0n) is 19.0. The molecule has 1 amide bonds. The number of sulfonamides is 1. The topological polar surface area (TPSA) is 129 Å². The second-order valence-corrected chi connectivity index (χ2v) is 9.24. The van der Waals surface area contributed by atoms with Crippen LogP contribution in [-0.2, 0) is 30.9 Å². The summed E-state index contributed by atoms with van der Waals surface area (Å²) in [6.45, 7) is 2.49. The molecule has 0 spiro atoms. The fourth-order valence-corrected chi connectivity index (χ4v) is 4.29. The van der Waals surface area contributed by atoms with Crippen LogP contribution in [0.5, 0.6) is 17.2 Å². The number of carbonyl (C=O) groups is 2. The highest BCUT2D eigenvalue weighted by atomic mass is 32.2. The summed E-state index contributed by atoms with van der Waals surface area (Å²) in [5.41, 5.74) is 0.794. The average molecular weight is 493 g/mol. The van der Waals surface area contributed by atoms with E-state index in [2.05, 4.69) is 10.0 Å². The van der Waals surface area contributed by atoms with Crippen molar-refractivity contribution in [3.63, 3.8) is 0 Å². The number of hydrogen-bond acceptors (Lipinski definition) is 8. The number of esters is 1. The van der Waals surface area contributed by atoms with Crippen LogP contribution in [0.15, 0.2) is 47.4 Å². The first kappa shape index (κ1) is 25.3. The highest BCUT2D eigenvalue weighted by molar-refractivity contribution is 7.89. The van der Waals surface area contributed by atoms with E-state index in [1.54, 1.807) is 19.2 Å². The van der Waals surface area contributed by atoms with Crippen LogP contribution in [0.1, 0.15) is 25.3 Å². The summed E-state index contributed by atoms with van der Waals surface area (Å²) in [6.07, 6.45) is -0.831. The first-order valence-electron chi connectivity index (χ1n) is 10.8. The molecule has 184 valence electrons. The lowest BCUT2D eigenvalue weighted by Gasteiger charge is -2.19. The second kappa shape index (κ2) is 11.7. The minimum atomic E-state index is -3.78. The van der Waals surface area contributed by atoms with Crippen molar-refractivity contribution in [2.75, 3.05) is 26.9 Å². The molecular formula is C23H28N2O8S. The van der Waals surface area contributed by atoms with Gasteiger partial charge in [0.2, 0.25) is 10.0 Å². The minimum Gasteiger partial charge on any atom is -0.496 e. The summed E-state index contributed by atoms with van der Waals surface area (Å²) >= 11 is 0. The molecule has 1 atom stereocenters. The summed E-state index contributed by atoms with van der Waals surface area (Å²) < 4.78 is 48.6. The molecule has 1 aliphatic rings. The SMILES string of the molecule is COc1ccccc1CNC(=O)C(C)OC(=O)CCCNS(=O)(=O)c1ccc2c(c1)OCCO2.